The molecule has 1 aromatic carbocycles. The van der Waals surface area contributed by atoms with E-state index in [9.17, 15) is 0 Å². The van der Waals surface area contributed by atoms with E-state index in [1.807, 2.05) is 24.4 Å². The zero-order valence-corrected chi connectivity index (χ0v) is 9.97. The monoisotopic (exact) mass is 226 g/mol. The number of allylic oxidation sites excluding steroid dienone is 1. The fraction of sp³-hybridized carbons (Fsp3) is 0.267. The van der Waals surface area contributed by atoms with Crippen LogP contribution in [0.4, 0.5) is 0 Å². The van der Waals surface area contributed by atoms with Crippen LogP contribution in [0, 0.1) is 0 Å². The van der Waals surface area contributed by atoms with Crippen LogP contribution in [0.5, 0.6) is 0 Å². The Morgan fingerprint density at radius 1 is 1.29 bits per heavy atom. The van der Waals surface area contributed by atoms with Gasteiger partial charge in [-0.1, -0.05) is 30.3 Å². The van der Waals surface area contributed by atoms with Gasteiger partial charge in [0.25, 0.3) is 0 Å². The van der Waals surface area contributed by atoms with Crippen LogP contribution in [0.15, 0.2) is 49.2 Å². The Morgan fingerprint density at radius 3 is 2.94 bits per heavy atom. The molecular formula is C15H18N2. The minimum atomic E-state index is 0.0635. The maximum Gasteiger partial charge on any atom is 0.0749 e. The van der Waals surface area contributed by atoms with E-state index < -0.39 is 0 Å². The van der Waals surface area contributed by atoms with E-state index in [0.717, 1.165) is 35.7 Å². The summed E-state index contributed by atoms with van der Waals surface area (Å²) < 4.78 is 0. The van der Waals surface area contributed by atoms with Crippen LogP contribution in [0.1, 0.15) is 30.9 Å². The van der Waals surface area contributed by atoms with Gasteiger partial charge in [0, 0.05) is 17.6 Å². The number of para-hydroxylation sites is 1. The quantitative estimate of drug-likeness (QED) is 0.625. The molecule has 0 saturated carbocycles. The van der Waals surface area contributed by atoms with Gasteiger partial charge in [-0.05, 0) is 30.9 Å². The minimum absolute atomic E-state index is 0.0635. The molecule has 0 spiro atoms. The summed E-state index contributed by atoms with van der Waals surface area (Å²) in [4.78, 5) is 4.43. The maximum absolute atomic E-state index is 6.23. The van der Waals surface area contributed by atoms with Gasteiger partial charge in [0.1, 0.15) is 0 Å². The molecule has 0 bridgehead atoms. The zero-order chi connectivity index (χ0) is 12.1. The molecule has 0 fully saturated rings. The van der Waals surface area contributed by atoms with Crippen LogP contribution < -0.4 is 5.73 Å². The Morgan fingerprint density at radius 2 is 2.12 bits per heavy atom. The van der Waals surface area contributed by atoms with Gasteiger partial charge >= 0.3 is 0 Å². The van der Waals surface area contributed by atoms with Gasteiger partial charge in [-0.3, -0.25) is 4.98 Å². The number of rotatable bonds is 5. The number of aromatic nitrogens is 1. The lowest BCUT2D eigenvalue weighted by atomic mass is 9.99. The van der Waals surface area contributed by atoms with Crippen molar-refractivity contribution in [2.45, 2.75) is 25.3 Å². The molecule has 0 aliphatic rings. The molecule has 2 rings (SSSR count). The van der Waals surface area contributed by atoms with E-state index in [1.54, 1.807) is 0 Å². The van der Waals surface area contributed by atoms with Gasteiger partial charge in [0.2, 0.25) is 0 Å². The van der Waals surface area contributed by atoms with Crippen LogP contribution in [-0.4, -0.2) is 4.98 Å². The molecular weight excluding hydrogens is 208 g/mol. The first-order valence-electron chi connectivity index (χ1n) is 6.03. The number of fused-ring (bicyclic) bond motifs is 1. The zero-order valence-electron chi connectivity index (χ0n) is 9.97. The maximum atomic E-state index is 6.23. The second-order valence-electron chi connectivity index (χ2n) is 4.25. The number of pyridine rings is 1. The second kappa shape index (κ2) is 5.60. The molecule has 1 atom stereocenters. The number of hydrogen-bond donors (Lipinski definition) is 1. The van der Waals surface area contributed by atoms with Crippen molar-refractivity contribution in [2.24, 2.45) is 5.73 Å². The van der Waals surface area contributed by atoms with Crippen molar-refractivity contribution >= 4 is 10.9 Å². The predicted molar refractivity (Wildman–Crippen MR) is 72.7 cm³/mol. The normalized spacial score (nSPS) is 12.5. The van der Waals surface area contributed by atoms with Gasteiger partial charge in [-0.15, -0.1) is 6.58 Å². The molecule has 1 unspecified atom stereocenters. The standard InChI is InChI=1S/C15H18N2/c1-2-3-4-10-14(16)13-9-5-7-12-8-6-11-17-15(12)13/h2,5-9,11,14H,1,3-4,10,16H2. The number of hydrogen-bond acceptors (Lipinski definition) is 2. The van der Waals surface area contributed by atoms with E-state index in [4.69, 9.17) is 5.73 Å². The summed E-state index contributed by atoms with van der Waals surface area (Å²) in [5, 5.41) is 1.16. The molecule has 2 aromatic rings. The van der Waals surface area contributed by atoms with Crippen molar-refractivity contribution in [3.63, 3.8) is 0 Å². The first-order chi connectivity index (χ1) is 8.33. The van der Waals surface area contributed by atoms with Crippen LogP contribution in [0.2, 0.25) is 0 Å². The number of nitrogens with zero attached hydrogens (tertiary/aromatic N) is 1. The van der Waals surface area contributed by atoms with E-state index in [0.29, 0.717) is 0 Å². The third-order valence-electron chi connectivity index (χ3n) is 2.99. The molecule has 88 valence electrons. The molecule has 2 nitrogen and oxygen atoms in total. The Kier molecular flexibility index (Phi) is 3.89. The lowest BCUT2D eigenvalue weighted by Gasteiger charge is -2.13. The van der Waals surface area contributed by atoms with E-state index in [1.165, 1.54) is 0 Å². The number of nitrogens with two attached hydrogens (primary N) is 1. The molecule has 0 amide bonds. The van der Waals surface area contributed by atoms with Gasteiger partial charge in [0.05, 0.1) is 5.52 Å². The average Bonchev–Trinajstić information content (AvgIpc) is 2.38. The molecule has 17 heavy (non-hydrogen) atoms. The van der Waals surface area contributed by atoms with Gasteiger partial charge in [-0.25, -0.2) is 0 Å². The molecule has 0 radical (unpaired) electrons. The summed E-state index contributed by atoms with van der Waals surface area (Å²) in [6.07, 6.45) is 6.83. The molecule has 0 aliphatic heterocycles. The Labute approximate surface area is 102 Å². The van der Waals surface area contributed by atoms with Crippen LogP contribution in [-0.2, 0) is 0 Å². The van der Waals surface area contributed by atoms with Gasteiger partial charge in [-0.2, -0.15) is 0 Å². The minimum Gasteiger partial charge on any atom is -0.324 e. The largest absolute Gasteiger partial charge is 0.324 e. The highest BCUT2D eigenvalue weighted by molar-refractivity contribution is 5.81. The summed E-state index contributed by atoms with van der Waals surface area (Å²) in [5.74, 6) is 0. The van der Waals surface area contributed by atoms with Crippen LogP contribution in [0.25, 0.3) is 10.9 Å². The highest BCUT2D eigenvalue weighted by Gasteiger charge is 2.09. The van der Waals surface area contributed by atoms with E-state index >= 15 is 0 Å². The third kappa shape index (κ3) is 2.71. The Bertz CT molecular complexity index is 500. The fourth-order valence-corrected chi connectivity index (χ4v) is 2.06. The highest BCUT2D eigenvalue weighted by atomic mass is 14.7. The topological polar surface area (TPSA) is 38.9 Å². The van der Waals surface area contributed by atoms with Crippen molar-refractivity contribution in [2.75, 3.05) is 0 Å². The third-order valence-corrected chi connectivity index (χ3v) is 2.99. The summed E-state index contributed by atoms with van der Waals surface area (Å²) in [5.41, 5.74) is 8.40. The Hall–Kier alpha value is -1.67. The van der Waals surface area contributed by atoms with Crippen molar-refractivity contribution in [3.05, 3.63) is 54.7 Å². The molecule has 1 aromatic heterocycles. The Balaban J connectivity index is 2.25. The average molecular weight is 226 g/mol. The summed E-state index contributed by atoms with van der Waals surface area (Å²) in [7, 11) is 0. The molecule has 0 saturated heterocycles. The lowest BCUT2D eigenvalue weighted by molar-refractivity contribution is 0.620. The summed E-state index contributed by atoms with van der Waals surface area (Å²) in [6.45, 7) is 3.73. The number of unbranched alkanes of at least 4 members (excludes halogenated alkanes) is 1. The second-order valence-corrected chi connectivity index (χ2v) is 4.25. The summed E-state index contributed by atoms with van der Waals surface area (Å²) >= 11 is 0. The smallest absolute Gasteiger partial charge is 0.0749 e. The highest BCUT2D eigenvalue weighted by Crippen LogP contribution is 2.24. The molecule has 0 aliphatic carbocycles. The molecule has 2 heteroatoms. The van der Waals surface area contributed by atoms with Crippen molar-refractivity contribution < 1.29 is 0 Å². The molecule has 1 heterocycles. The van der Waals surface area contributed by atoms with Crippen molar-refractivity contribution in [1.82, 2.24) is 4.98 Å². The fourth-order valence-electron chi connectivity index (χ4n) is 2.06. The van der Waals surface area contributed by atoms with Crippen molar-refractivity contribution in [1.29, 1.82) is 0 Å². The van der Waals surface area contributed by atoms with Crippen LogP contribution in [0.3, 0.4) is 0 Å². The first kappa shape index (κ1) is 11.8. The van der Waals surface area contributed by atoms with E-state index in [-0.39, 0.29) is 6.04 Å². The van der Waals surface area contributed by atoms with E-state index in [2.05, 4.69) is 29.8 Å². The lowest BCUT2D eigenvalue weighted by Crippen LogP contribution is -2.10. The number of benzene rings is 1. The van der Waals surface area contributed by atoms with Gasteiger partial charge < -0.3 is 5.73 Å². The SMILES string of the molecule is C=CCCCC(N)c1cccc2cccnc12. The summed E-state index contributed by atoms with van der Waals surface area (Å²) in [6, 6.07) is 10.3. The van der Waals surface area contributed by atoms with Crippen molar-refractivity contribution in [3.8, 4) is 0 Å². The predicted octanol–water partition coefficient (Wildman–Crippen LogP) is 3.59. The first-order valence-corrected chi connectivity index (χ1v) is 6.03. The van der Waals surface area contributed by atoms with Crippen LogP contribution >= 0.6 is 0 Å². The molecule has 2 N–H and O–H groups in total. The van der Waals surface area contributed by atoms with Gasteiger partial charge in [0.15, 0.2) is 0 Å².